The van der Waals surface area contributed by atoms with E-state index in [4.69, 9.17) is 22.1 Å². The van der Waals surface area contributed by atoms with Crippen molar-refractivity contribution in [2.45, 2.75) is 49.8 Å². The first kappa shape index (κ1) is 24.3. The molecule has 1 amide bonds. The van der Waals surface area contributed by atoms with Gasteiger partial charge in [0.2, 0.25) is 0 Å². The molecule has 0 spiro atoms. The summed E-state index contributed by atoms with van der Waals surface area (Å²) in [5.74, 6) is -1.47. The summed E-state index contributed by atoms with van der Waals surface area (Å²) >= 11 is 6.61. The van der Waals surface area contributed by atoms with Gasteiger partial charge < -0.3 is 21.1 Å². The Balaban J connectivity index is 1.61. The Hall–Kier alpha value is -3.00. The molecular formula is C29H28ClF2N3O2. The molecule has 192 valence electrons. The van der Waals surface area contributed by atoms with Crippen LogP contribution in [-0.4, -0.2) is 25.5 Å². The minimum Gasteiger partial charge on any atom is -0.480 e. The summed E-state index contributed by atoms with van der Waals surface area (Å²) in [5, 5.41) is 5.91. The second kappa shape index (κ2) is 9.08. The molecule has 3 atom stereocenters. The number of rotatable bonds is 4. The molecular weight excluding hydrogens is 496 g/mol. The van der Waals surface area contributed by atoms with Crippen LogP contribution in [0.5, 0.6) is 5.75 Å². The highest BCUT2D eigenvalue weighted by molar-refractivity contribution is 6.34. The van der Waals surface area contributed by atoms with E-state index in [0.29, 0.717) is 41.7 Å². The smallest absolute Gasteiger partial charge is 0.251 e. The molecule has 3 aromatic rings. The van der Waals surface area contributed by atoms with Gasteiger partial charge in [0.25, 0.3) is 5.91 Å². The quantitative estimate of drug-likeness (QED) is 0.441. The number of halogens is 3. The Morgan fingerprint density at radius 3 is 2.65 bits per heavy atom. The molecule has 1 fully saturated rings. The van der Waals surface area contributed by atoms with Crippen LogP contribution in [0.2, 0.25) is 5.02 Å². The first-order valence-electron chi connectivity index (χ1n) is 12.7. The van der Waals surface area contributed by atoms with Gasteiger partial charge in [0.15, 0.2) is 5.60 Å². The fourth-order valence-corrected chi connectivity index (χ4v) is 6.59. The van der Waals surface area contributed by atoms with E-state index in [9.17, 15) is 4.79 Å². The zero-order valence-corrected chi connectivity index (χ0v) is 21.2. The van der Waals surface area contributed by atoms with Crippen LogP contribution < -0.4 is 21.1 Å². The van der Waals surface area contributed by atoms with Gasteiger partial charge in [-0.15, -0.1) is 0 Å². The van der Waals surface area contributed by atoms with E-state index >= 15 is 8.78 Å². The van der Waals surface area contributed by atoms with Crippen molar-refractivity contribution in [2.75, 3.05) is 13.6 Å². The average molecular weight is 524 g/mol. The summed E-state index contributed by atoms with van der Waals surface area (Å²) < 4.78 is 38.3. The summed E-state index contributed by atoms with van der Waals surface area (Å²) in [6, 6.07) is 12.3. The third-order valence-corrected chi connectivity index (χ3v) is 8.50. The van der Waals surface area contributed by atoms with Gasteiger partial charge in [0.05, 0.1) is 16.6 Å². The normalized spacial score (nSPS) is 24.0. The van der Waals surface area contributed by atoms with E-state index in [1.165, 1.54) is 13.1 Å². The molecule has 8 heteroatoms. The van der Waals surface area contributed by atoms with Crippen molar-refractivity contribution in [2.24, 2.45) is 5.73 Å². The van der Waals surface area contributed by atoms with Crippen molar-refractivity contribution in [3.05, 3.63) is 86.9 Å². The number of carbonyl (C=O) groups excluding carboxylic acids is 1. The van der Waals surface area contributed by atoms with E-state index in [2.05, 4.69) is 10.6 Å². The zero-order chi connectivity index (χ0) is 25.9. The molecule has 0 bridgehead atoms. The summed E-state index contributed by atoms with van der Waals surface area (Å²) in [6.45, 7) is 0.849. The molecule has 6 rings (SSSR count). The zero-order valence-electron chi connectivity index (χ0n) is 20.5. The molecule has 37 heavy (non-hydrogen) atoms. The van der Waals surface area contributed by atoms with Crippen LogP contribution >= 0.6 is 11.6 Å². The lowest BCUT2D eigenvalue weighted by Crippen LogP contribution is -2.48. The fraction of sp³-hybridized carbons (Fsp3) is 0.345. The van der Waals surface area contributed by atoms with E-state index in [-0.39, 0.29) is 33.8 Å². The first-order valence-corrected chi connectivity index (χ1v) is 13.1. The topological polar surface area (TPSA) is 76.4 Å². The van der Waals surface area contributed by atoms with Gasteiger partial charge in [-0.2, -0.15) is 0 Å². The lowest BCUT2D eigenvalue weighted by molar-refractivity contribution is 0.0539. The van der Waals surface area contributed by atoms with E-state index in [1.54, 1.807) is 6.07 Å². The molecule has 1 saturated heterocycles. The van der Waals surface area contributed by atoms with Crippen molar-refractivity contribution in [3.63, 3.8) is 0 Å². The van der Waals surface area contributed by atoms with Crippen LogP contribution in [0.15, 0.2) is 42.5 Å². The Labute approximate surface area is 219 Å². The van der Waals surface area contributed by atoms with E-state index < -0.39 is 23.1 Å². The van der Waals surface area contributed by atoms with E-state index in [1.807, 2.05) is 30.3 Å². The number of hydrogen-bond acceptors (Lipinski definition) is 4. The predicted molar refractivity (Wildman–Crippen MR) is 139 cm³/mol. The van der Waals surface area contributed by atoms with Crippen molar-refractivity contribution >= 4 is 17.5 Å². The number of benzene rings is 3. The number of nitrogens with one attached hydrogen (secondary N) is 2. The predicted octanol–water partition coefficient (Wildman–Crippen LogP) is 5.17. The van der Waals surface area contributed by atoms with Gasteiger partial charge in [-0.05, 0) is 55.0 Å². The van der Waals surface area contributed by atoms with Gasteiger partial charge in [0, 0.05) is 42.3 Å². The molecule has 0 unspecified atom stereocenters. The Bertz CT molecular complexity index is 1410. The molecule has 2 aliphatic heterocycles. The van der Waals surface area contributed by atoms with Crippen LogP contribution in [0.25, 0.3) is 11.1 Å². The van der Waals surface area contributed by atoms with Gasteiger partial charge in [-0.1, -0.05) is 41.9 Å². The number of fused-ring (bicyclic) bond motifs is 2. The van der Waals surface area contributed by atoms with Crippen LogP contribution in [0.1, 0.15) is 57.9 Å². The molecule has 4 N–H and O–H groups in total. The van der Waals surface area contributed by atoms with E-state index in [0.717, 1.165) is 24.9 Å². The third-order valence-electron chi connectivity index (χ3n) is 8.13. The molecule has 3 aliphatic rings. The molecule has 0 radical (unpaired) electrons. The van der Waals surface area contributed by atoms with Crippen molar-refractivity contribution in [1.82, 2.24) is 10.6 Å². The van der Waals surface area contributed by atoms with Crippen molar-refractivity contribution < 1.29 is 18.3 Å². The second-order valence-corrected chi connectivity index (χ2v) is 10.5. The fourth-order valence-electron chi connectivity index (χ4n) is 6.33. The number of amides is 1. The molecule has 3 aromatic carbocycles. The average Bonchev–Trinajstić information content (AvgIpc) is 3.65. The van der Waals surface area contributed by atoms with Gasteiger partial charge in [-0.25, -0.2) is 8.78 Å². The van der Waals surface area contributed by atoms with Crippen LogP contribution in [0, 0.1) is 11.6 Å². The lowest BCUT2D eigenvalue weighted by atomic mass is 9.80. The largest absolute Gasteiger partial charge is 0.480 e. The number of hydrogen-bond donors (Lipinski definition) is 3. The third kappa shape index (κ3) is 3.67. The number of ether oxygens (including phenoxy) is 1. The minimum atomic E-state index is -0.825. The molecule has 0 saturated carbocycles. The monoisotopic (exact) mass is 523 g/mol. The molecule has 1 aliphatic carbocycles. The summed E-state index contributed by atoms with van der Waals surface area (Å²) in [6.07, 6.45) is 3.23. The highest BCUT2D eigenvalue weighted by Gasteiger charge is 2.50. The molecule has 5 nitrogen and oxygen atoms in total. The van der Waals surface area contributed by atoms with Crippen LogP contribution in [0.4, 0.5) is 8.78 Å². The Morgan fingerprint density at radius 1 is 1.16 bits per heavy atom. The van der Waals surface area contributed by atoms with Gasteiger partial charge >= 0.3 is 0 Å². The maximum Gasteiger partial charge on any atom is 0.251 e. The van der Waals surface area contributed by atoms with Crippen molar-refractivity contribution in [3.8, 4) is 16.9 Å². The summed E-state index contributed by atoms with van der Waals surface area (Å²) in [5.41, 5.74) is 8.25. The molecule has 2 heterocycles. The number of carbonyl (C=O) groups is 1. The maximum atomic E-state index is 16.3. The SMILES string of the molecule is CNC(=O)c1cc2c(c(F)c1-c1c(Cl)c(F)cc3c1C[C@](c1ccccc1)([C@@H]1CCCN1)O3)CC[C@@H]2N. The lowest BCUT2D eigenvalue weighted by Gasteiger charge is -2.35. The highest BCUT2D eigenvalue weighted by Crippen LogP contribution is 2.53. The van der Waals surface area contributed by atoms with Gasteiger partial charge in [-0.3, -0.25) is 4.79 Å². The van der Waals surface area contributed by atoms with Gasteiger partial charge in [0.1, 0.15) is 17.4 Å². The summed E-state index contributed by atoms with van der Waals surface area (Å²) in [7, 11) is 1.48. The first-order chi connectivity index (χ1) is 17.9. The maximum absolute atomic E-state index is 16.3. The Kier molecular flexibility index (Phi) is 5.97. The summed E-state index contributed by atoms with van der Waals surface area (Å²) in [4.78, 5) is 13.0. The van der Waals surface area contributed by atoms with Crippen LogP contribution in [0.3, 0.4) is 0 Å². The van der Waals surface area contributed by atoms with Crippen molar-refractivity contribution in [1.29, 1.82) is 0 Å². The minimum absolute atomic E-state index is 0.000192. The highest BCUT2D eigenvalue weighted by atomic mass is 35.5. The standard InChI is InChI=1S/C29H28ClF2N3O2/c1-34-28(36)18-12-17-16(9-10-21(17)33)27(32)25(18)24-19-14-29(23-8-5-11-35-23,15-6-3-2-4-7-15)37-22(19)13-20(31)26(24)30/h2-4,6-7,12-13,21,23,35H,5,8-11,14,33H2,1H3,(H,34,36)/t21-,23-,29-/m0/s1. The van der Waals surface area contributed by atoms with Crippen LogP contribution in [-0.2, 0) is 18.4 Å². The second-order valence-electron chi connectivity index (χ2n) is 10.1. The molecule has 0 aromatic heterocycles. The number of nitrogens with two attached hydrogens (primary N) is 1. The Morgan fingerprint density at radius 2 is 1.95 bits per heavy atom.